The van der Waals surface area contributed by atoms with Crippen LogP contribution in [0.2, 0.25) is 0 Å². The summed E-state index contributed by atoms with van der Waals surface area (Å²) in [4.78, 5) is 4.63. The van der Waals surface area contributed by atoms with Gasteiger partial charge in [0.25, 0.3) is 5.89 Å². The van der Waals surface area contributed by atoms with Crippen molar-refractivity contribution in [3.8, 4) is 11.5 Å². The van der Waals surface area contributed by atoms with Gasteiger partial charge in [0.1, 0.15) is 0 Å². The zero-order chi connectivity index (χ0) is 14.1. The maximum absolute atomic E-state index is 5.50. The second kappa shape index (κ2) is 5.81. The van der Waals surface area contributed by atoms with Crippen LogP contribution in [0.5, 0.6) is 0 Å². The summed E-state index contributed by atoms with van der Waals surface area (Å²) in [6, 6.07) is 6.49. The monoisotopic (exact) mass is 301 g/mol. The molecule has 110 valence electrons. The highest BCUT2D eigenvalue weighted by Crippen LogP contribution is 2.37. The molecule has 0 amide bonds. The number of fused-ring (bicyclic) bond motifs is 1. The molecule has 0 radical (unpaired) electrons. The minimum Gasteiger partial charge on any atom is -0.334 e. The van der Waals surface area contributed by atoms with Crippen molar-refractivity contribution in [3.63, 3.8) is 0 Å². The molecule has 2 aliphatic rings. The van der Waals surface area contributed by atoms with E-state index in [9.17, 15) is 0 Å². The summed E-state index contributed by atoms with van der Waals surface area (Å²) in [6.07, 6.45) is 4.84. The van der Waals surface area contributed by atoms with Gasteiger partial charge in [-0.2, -0.15) is 16.7 Å². The highest BCUT2D eigenvalue weighted by molar-refractivity contribution is 7.99. The molecule has 1 atom stereocenters. The highest BCUT2D eigenvalue weighted by Gasteiger charge is 2.22. The van der Waals surface area contributed by atoms with Gasteiger partial charge >= 0.3 is 0 Å². The van der Waals surface area contributed by atoms with E-state index < -0.39 is 0 Å². The molecule has 1 N–H and O–H groups in total. The molecule has 1 aromatic heterocycles. The summed E-state index contributed by atoms with van der Waals surface area (Å²) in [5.41, 5.74) is 3.82. The van der Waals surface area contributed by atoms with Crippen molar-refractivity contribution in [3.05, 3.63) is 35.2 Å². The van der Waals surface area contributed by atoms with Gasteiger partial charge in [-0.05, 0) is 54.8 Å². The van der Waals surface area contributed by atoms with Crippen LogP contribution < -0.4 is 5.32 Å². The number of benzene rings is 1. The van der Waals surface area contributed by atoms with Crippen LogP contribution in [0.4, 0.5) is 0 Å². The fourth-order valence-corrected chi connectivity index (χ4v) is 4.27. The Morgan fingerprint density at radius 3 is 3.14 bits per heavy atom. The maximum atomic E-state index is 5.50. The number of hydrogen-bond donors (Lipinski definition) is 1. The molecule has 3 heterocycles. The molecular weight excluding hydrogens is 282 g/mol. The van der Waals surface area contributed by atoms with E-state index in [1.807, 2.05) is 11.8 Å². The molecule has 1 fully saturated rings. The van der Waals surface area contributed by atoms with Crippen LogP contribution in [0.1, 0.15) is 41.5 Å². The van der Waals surface area contributed by atoms with Crippen molar-refractivity contribution in [1.29, 1.82) is 0 Å². The molecule has 0 saturated carbocycles. The van der Waals surface area contributed by atoms with Gasteiger partial charge in [0, 0.05) is 12.1 Å². The normalized spacial score (nSPS) is 22.0. The van der Waals surface area contributed by atoms with Crippen molar-refractivity contribution in [1.82, 2.24) is 15.5 Å². The largest absolute Gasteiger partial charge is 0.334 e. The minimum atomic E-state index is 0.413. The Balaban J connectivity index is 1.60. The van der Waals surface area contributed by atoms with Gasteiger partial charge in [-0.1, -0.05) is 17.6 Å². The van der Waals surface area contributed by atoms with Gasteiger partial charge in [-0.3, -0.25) is 0 Å². The Labute approximate surface area is 128 Å². The van der Waals surface area contributed by atoms with Crippen molar-refractivity contribution >= 4 is 11.8 Å². The van der Waals surface area contributed by atoms with Crippen LogP contribution >= 0.6 is 11.8 Å². The molecular formula is C16H19N3OS. The van der Waals surface area contributed by atoms with E-state index in [1.54, 1.807) is 0 Å². The molecule has 1 aromatic carbocycles. The maximum Gasteiger partial charge on any atom is 0.257 e. The van der Waals surface area contributed by atoms with Crippen molar-refractivity contribution in [2.24, 2.45) is 0 Å². The second-order valence-electron chi connectivity index (χ2n) is 5.72. The lowest BCUT2D eigenvalue weighted by atomic mass is 9.98. The molecule has 5 heteroatoms. The summed E-state index contributed by atoms with van der Waals surface area (Å²) in [5.74, 6) is 2.73. The molecule has 4 rings (SSSR count). The molecule has 0 bridgehead atoms. The standard InChI is InChI=1S/C16H19N3OS/c1-2-8-21-14(3-1)15-18-16(20-19-15)12-5-4-11-6-7-17-10-13(11)9-12/h4-5,9,14,17H,1-3,6-8,10H2. The second-order valence-corrected chi connectivity index (χ2v) is 7.03. The number of rotatable bonds is 2. The smallest absolute Gasteiger partial charge is 0.257 e. The molecule has 0 aliphatic carbocycles. The van der Waals surface area contributed by atoms with Gasteiger partial charge < -0.3 is 9.84 Å². The van der Waals surface area contributed by atoms with E-state index in [2.05, 4.69) is 33.7 Å². The Morgan fingerprint density at radius 2 is 2.24 bits per heavy atom. The van der Waals surface area contributed by atoms with E-state index in [4.69, 9.17) is 4.52 Å². The Hall–Kier alpha value is -1.33. The van der Waals surface area contributed by atoms with Crippen LogP contribution in [0.3, 0.4) is 0 Å². The van der Waals surface area contributed by atoms with Crippen LogP contribution in [-0.4, -0.2) is 22.4 Å². The Kier molecular flexibility index (Phi) is 3.69. The predicted octanol–water partition coefficient (Wildman–Crippen LogP) is 3.34. The first-order chi connectivity index (χ1) is 10.4. The lowest BCUT2D eigenvalue weighted by molar-refractivity contribution is 0.420. The number of nitrogens with zero attached hydrogens (tertiary/aromatic N) is 2. The summed E-state index contributed by atoms with van der Waals surface area (Å²) in [6.45, 7) is 2.00. The van der Waals surface area contributed by atoms with Gasteiger partial charge in [0.15, 0.2) is 5.82 Å². The first-order valence-electron chi connectivity index (χ1n) is 7.68. The molecule has 2 aliphatic heterocycles. The molecule has 4 nitrogen and oxygen atoms in total. The Morgan fingerprint density at radius 1 is 1.24 bits per heavy atom. The number of thioether (sulfide) groups is 1. The lowest BCUT2D eigenvalue weighted by Crippen LogP contribution is -2.23. The van der Waals surface area contributed by atoms with E-state index in [0.717, 1.165) is 37.3 Å². The van der Waals surface area contributed by atoms with E-state index in [0.29, 0.717) is 11.1 Å². The molecule has 2 aromatic rings. The lowest BCUT2D eigenvalue weighted by Gasteiger charge is -2.17. The summed E-state index contributed by atoms with van der Waals surface area (Å²) >= 11 is 1.95. The zero-order valence-corrected chi connectivity index (χ0v) is 12.8. The minimum absolute atomic E-state index is 0.413. The van der Waals surface area contributed by atoms with Crippen LogP contribution in [0.15, 0.2) is 22.7 Å². The van der Waals surface area contributed by atoms with E-state index in [-0.39, 0.29) is 0 Å². The fraction of sp³-hybridized carbons (Fsp3) is 0.500. The van der Waals surface area contributed by atoms with Gasteiger partial charge in [-0.25, -0.2) is 0 Å². The third kappa shape index (κ3) is 2.72. The van der Waals surface area contributed by atoms with Gasteiger partial charge in [0.05, 0.1) is 5.25 Å². The topological polar surface area (TPSA) is 51.0 Å². The summed E-state index contributed by atoms with van der Waals surface area (Å²) < 4.78 is 5.50. The average molecular weight is 301 g/mol. The van der Waals surface area contributed by atoms with Crippen LogP contribution in [0, 0.1) is 0 Å². The summed E-state index contributed by atoms with van der Waals surface area (Å²) in [5, 5.41) is 8.02. The third-order valence-electron chi connectivity index (χ3n) is 4.25. The SMILES string of the molecule is c1cc2c(cc1-c1nc(C3CCCCS3)no1)CNCC2. The van der Waals surface area contributed by atoms with Crippen molar-refractivity contribution in [2.75, 3.05) is 12.3 Å². The average Bonchev–Trinajstić information content (AvgIpc) is 3.05. The molecule has 1 unspecified atom stereocenters. The van der Waals surface area contributed by atoms with Gasteiger partial charge in [0.2, 0.25) is 0 Å². The third-order valence-corrected chi connectivity index (χ3v) is 5.62. The van der Waals surface area contributed by atoms with Crippen molar-refractivity contribution < 1.29 is 4.52 Å². The first-order valence-corrected chi connectivity index (χ1v) is 8.73. The number of aromatic nitrogens is 2. The van der Waals surface area contributed by atoms with E-state index in [1.165, 1.54) is 29.7 Å². The number of hydrogen-bond acceptors (Lipinski definition) is 5. The zero-order valence-electron chi connectivity index (χ0n) is 12.0. The molecule has 21 heavy (non-hydrogen) atoms. The van der Waals surface area contributed by atoms with Gasteiger partial charge in [-0.15, -0.1) is 0 Å². The fourth-order valence-electron chi connectivity index (χ4n) is 3.04. The highest BCUT2D eigenvalue weighted by atomic mass is 32.2. The number of nitrogens with one attached hydrogen (secondary N) is 1. The first kappa shape index (κ1) is 13.3. The quantitative estimate of drug-likeness (QED) is 0.922. The molecule has 0 spiro atoms. The summed E-state index contributed by atoms with van der Waals surface area (Å²) in [7, 11) is 0. The van der Waals surface area contributed by atoms with Crippen LogP contribution in [-0.2, 0) is 13.0 Å². The molecule has 1 saturated heterocycles. The van der Waals surface area contributed by atoms with Crippen molar-refractivity contribution in [2.45, 2.75) is 37.5 Å². The van der Waals surface area contributed by atoms with Crippen LogP contribution in [0.25, 0.3) is 11.5 Å². The Bertz CT molecular complexity index is 634. The van der Waals surface area contributed by atoms with E-state index >= 15 is 0 Å². The predicted molar refractivity (Wildman–Crippen MR) is 84.2 cm³/mol.